The smallest absolute Gasteiger partial charge is 0.270 e. The Labute approximate surface area is 160 Å². The van der Waals surface area contributed by atoms with E-state index in [1.165, 1.54) is 12.1 Å². The van der Waals surface area contributed by atoms with E-state index in [4.69, 9.17) is 0 Å². The molecule has 0 atom stereocenters. The van der Waals surface area contributed by atoms with E-state index >= 15 is 0 Å². The average Bonchev–Trinajstić information content (AvgIpc) is 3.13. The fourth-order valence-corrected chi connectivity index (χ4v) is 3.11. The lowest BCUT2D eigenvalue weighted by molar-refractivity contribution is -0.384. The van der Waals surface area contributed by atoms with Crippen LogP contribution in [0.1, 0.15) is 17.8 Å². The van der Waals surface area contributed by atoms with Gasteiger partial charge in [-0.3, -0.25) is 10.1 Å². The fraction of sp³-hybridized carbons (Fsp3) is 0.150. The van der Waals surface area contributed by atoms with E-state index in [1.807, 2.05) is 24.3 Å². The van der Waals surface area contributed by atoms with Crippen LogP contribution in [-0.2, 0) is 6.42 Å². The Morgan fingerprint density at radius 1 is 1.14 bits per heavy atom. The Kier molecular flexibility index (Phi) is 4.56. The molecule has 0 bridgehead atoms. The number of anilines is 1. The third-order valence-corrected chi connectivity index (χ3v) is 4.46. The number of para-hydroxylation sites is 2. The molecule has 0 radical (unpaired) electrons. The molecule has 0 aliphatic heterocycles. The van der Waals surface area contributed by atoms with Crippen molar-refractivity contribution < 1.29 is 4.92 Å². The molecular formula is C20H16N6O2. The number of aromatic nitrogens is 3. The highest BCUT2D eigenvalue weighted by molar-refractivity contribution is 5.88. The third kappa shape index (κ3) is 3.46. The first kappa shape index (κ1) is 17.4. The van der Waals surface area contributed by atoms with Crippen LogP contribution in [0.4, 0.5) is 11.5 Å². The summed E-state index contributed by atoms with van der Waals surface area (Å²) in [7, 11) is 0. The second kappa shape index (κ2) is 7.32. The maximum absolute atomic E-state index is 10.9. The van der Waals surface area contributed by atoms with Gasteiger partial charge >= 0.3 is 0 Å². The summed E-state index contributed by atoms with van der Waals surface area (Å²) in [4.78, 5) is 22.8. The van der Waals surface area contributed by atoms with Crippen molar-refractivity contribution in [2.45, 2.75) is 12.8 Å². The molecule has 0 aliphatic rings. The van der Waals surface area contributed by atoms with Crippen molar-refractivity contribution in [3.05, 3.63) is 70.0 Å². The number of nitro benzene ring substituents is 1. The molecule has 0 spiro atoms. The molecule has 8 heteroatoms. The Morgan fingerprint density at radius 2 is 2.00 bits per heavy atom. The van der Waals surface area contributed by atoms with Crippen molar-refractivity contribution in [3.8, 4) is 6.07 Å². The van der Waals surface area contributed by atoms with Crippen molar-refractivity contribution in [2.75, 3.05) is 11.9 Å². The number of aryl methyl sites for hydroxylation is 1. The van der Waals surface area contributed by atoms with Crippen LogP contribution < -0.4 is 5.32 Å². The van der Waals surface area contributed by atoms with E-state index in [0.29, 0.717) is 28.8 Å². The molecular weight excluding hydrogens is 356 g/mol. The molecule has 2 heterocycles. The molecule has 2 aromatic carbocycles. The summed E-state index contributed by atoms with van der Waals surface area (Å²) in [6, 6.07) is 15.9. The van der Waals surface area contributed by atoms with Gasteiger partial charge in [0, 0.05) is 30.5 Å². The van der Waals surface area contributed by atoms with Crippen LogP contribution in [0.5, 0.6) is 0 Å². The number of H-pyrrole nitrogens is 1. The quantitative estimate of drug-likeness (QED) is 0.300. The van der Waals surface area contributed by atoms with Gasteiger partial charge in [-0.15, -0.1) is 0 Å². The van der Waals surface area contributed by atoms with Crippen LogP contribution in [0.3, 0.4) is 0 Å². The van der Waals surface area contributed by atoms with E-state index in [0.717, 1.165) is 29.7 Å². The summed E-state index contributed by atoms with van der Waals surface area (Å²) in [6.45, 7) is 0.660. The normalized spacial score (nSPS) is 10.8. The van der Waals surface area contributed by atoms with Crippen LogP contribution in [0.25, 0.3) is 21.9 Å². The number of aromatic amines is 1. The van der Waals surface area contributed by atoms with Crippen molar-refractivity contribution >= 4 is 33.4 Å². The van der Waals surface area contributed by atoms with Crippen molar-refractivity contribution in [1.82, 2.24) is 15.0 Å². The number of non-ortho nitro benzene ring substituents is 1. The predicted octanol–water partition coefficient (Wildman–Crippen LogP) is 3.94. The van der Waals surface area contributed by atoms with Crippen LogP contribution in [0.2, 0.25) is 0 Å². The van der Waals surface area contributed by atoms with Gasteiger partial charge in [-0.25, -0.2) is 9.97 Å². The standard InChI is InChI=1S/C20H16N6O2/c21-12-13-10-20(23-16-8-7-14(26(27)28)11-15(13)16)22-9-3-6-19-24-17-4-1-2-5-18(17)25-19/h1-2,4-5,7-8,10-11H,3,6,9H2,(H,22,23)(H,24,25). The Morgan fingerprint density at radius 3 is 2.79 bits per heavy atom. The summed E-state index contributed by atoms with van der Waals surface area (Å²) in [5.74, 6) is 1.50. The van der Waals surface area contributed by atoms with Gasteiger partial charge in [0.1, 0.15) is 11.6 Å². The number of imidazole rings is 1. The molecule has 138 valence electrons. The highest BCUT2D eigenvalue weighted by Gasteiger charge is 2.11. The van der Waals surface area contributed by atoms with Crippen molar-refractivity contribution in [1.29, 1.82) is 5.26 Å². The monoisotopic (exact) mass is 372 g/mol. The van der Waals surface area contributed by atoms with E-state index in [2.05, 4.69) is 26.3 Å². The van der Waals surface area contributed by atoms with Crippen LogP contribution >= 0.6 is 0 Å². The minimum absolute atomic E-state index is 0.0580. The number of rotatable bonds is 6. The number of nitrogens with zero attached hydrogens (tertiary/aromatic N) is 4. The predicted molar refractivity (Wildman–Crippen MR) is 106 cm³/mol. The summed E-state index contributed by atoms with van der Waals surface area (Å²) < 4.78 is 0. The highest BCUT2D eigenvalue weighted by atomic mass is 16.6. The molecule has 28 heavy (non-hydrogen) atoms. The Bertz CT molecular complexity index is 1190. The lowest BCUT2D eigenvalue weighted by Crippen LogP contribution is -2.06. The van der Waals surface area contributed by atoms with E-state index in [-0.39, 0.29) is 5.69 Å². The number of hydrogen-bond donors (Lipinski definition) is 2. The molecule has 0 unspecified atom stereocenters. The van der Waals surface area contributed by atoms with Gasteiger partial charge in [-0.1, -0.05) is 12.1 Å². The molecule has 8 nitrogen and oxygen atoms in total. The lowest BCUT2D eigenvalue weighted by atomic mass is 10.1. The molecule has 0 saturated heterocycles. The van der Waals surface area contributed by atoms with E-state index in [1.54, 1.807) is 12.1 Å². The van der Waals surface area contributed by atoms with Gasteiger partial charge in [0.05, 0.1) is 33.1 Å². The average molecular weight is 372 g/mol. The summed E-state index contributed by atoms with van der Waals surface area (Å²) in [6.07, 6.45) is 1.62. The number of nitrogens with one attached hydrogen (secondary N) is 2. The fourth-order valence-electron chi connectivity index (χ4n) is 3.11. The van der Waals surface area contributed by atoms with Gasteiger partial charge in [-0.2, -0.15) is 5.26 Å². The number of fused-ring (bicyclic) bond motifs is 2. The number of nitro groups is 1. The maximum atomic E-state index is 10.9. The summed E-state index contributed by atoms with van der Waals surface area (Å²) in [5.41, 5.74) is 2.82. The van der Waals surface area contributed by atoms with Crippen LogP contribution in [0, 0.1) is 21.4 Å². The van der Waals surface area contributed by atoms with Crippen molar-refractivity contribution in [2.24, 2.45) is 0 Å². The zero-order valence-electron chi connectivity index (χ0n) is 14.8. The van der Waals surface area contributed by atoms with Gasteiger partial charge < -0.3 is 10.3 Å². The largest absolute Gasteiger partial charge is 0.370 e. The number of nitriles is 1. The zero-order chi connectivity index (χ0) is 19.5. The molecule has 2 N–H and O–H groups in total. The van der Waals surface area contributed by atoms with Gasteiger partial charge in [-0.05, 0) is 30.7 Å². The highest BCUT2D eigenvalue weighted by Crippen LogP contribution is 2.25. The first-order chi connectivity index (χ1) is 13.6. The number of pyridine rings is 1. The minimum atomic E-state index is -0.481. The number of hydrogen-bond acceptors (Lipinski definition) is 6. The lowest BCUT2D eigenvalue weighted by Gasteiger charge is -2.08. The van der Waals surface area contributed by atoms with Crippen LogP contribution in [0.15, 0.2) is 48.5 Å². The first-order valence-corrected chi connectivity index (χ1v) is 8.81. The summed E-state index contributed by atoms with van der Waals surface area (Å²) in [5, 5.41) is 24.0. The molecule has 0 fully saturated rings. The molecule has 4 aromatic rings. The molecule has 2 aromatic heterocycles. The van der Waals surface area contributed by atoms with Gasteiger partial charge in [0.15, 0.2) is 0 Å². The minimum Gasteiger partial charge on any atom is -0.370 e. The van der Waals surface area contributed by atoms with Gasteiger partial charge in [0.2, 0.25) is 0 Å². The van der Waals surface area contributed by atoms with Crippen LogP contribution in [-0.4, -0.2) is 26.4 Å². The Hall–Kier alpha value is -3.99. The van der Waals surface area contributed by atoms with Crippen molar-refractivity contribution in [3.63, 3.8) is 0 Å². The third-order valence-electron chi connectivity index (χ3n) is 4.46. The maximum Gasteiger partial charge on any atom is 0.270 e. The molecule has 0 saturated carbocycles. The first-order valence-electron chi connectivity index (χ1n) is 8.81. The zero-order valence-corrected chi connectivity index (χ0v) is 14.8. The van der Waals surface area contributed by atoms with E-state index in [9.17, 15) is 15.4 Å². The number of benzene rings is 2. The second-order valence-corrected chi connectivity index (χ2v) is 6.36. The topological polar surface area (TPSA) is 121 Å². The van der Waals surface area contributed by atoms with E-state index < -0.39 is 4.92 Å². The molecule has 4 rings (SSSR count). The SMILES string of the molecule is N#Cc1cc(NCCCc2nc3ccccc3[nH]2)nc2ccc([N+](=O)[O-])cc12. The van der Waals surface area contributed by atoms with Gasteiger partial charge in [0.25, 0.3) is 5.69 Å². The molecule has 0 amide bonds. The summed E-state index contributed by atoms with van der Waals surface area (Å²) >= 11 is 0. The molecule has 0 aliphatic carbocycles. The second-order valence-electron chi connectivity index (χ2n) is 6.36. The Balaban J connectivity index is 1.45.